The molecule has 0 amide bonds. The Morgan fingerprint density at radius 2 is 1.83 bits per heavy atom. The Morgan fingerprint density at radius 1 is 1.13 bits per heavy atom. The van der Waals surface area contributed by atoms with Gasteiger partial charge in [0.05, 0.1) is 31.8 Å². The predicted molar refractivity (Wildman–Crippen MR) is 182 cm³/mol. The van der Waals surface area contributed by atoms with Crippen LogP contribution in [-0.2, 0) is 14.3 Å². The maximum absolute atomic E-state index is 13.4. The molecular formula is C38H63N5O4. The third-order valence-electron chi connectivity index (χ3n) is 15.8. The lowest BCUT2D eigenvalue weighted by molar-refractivity contribution is -0.253. The summed E-state index contributed by atoms with van der Waals surface area (Å²) in [5, 5.41) is 24.7. The molecule has 0 aromatic carbocycles. The number of fused-ring (bicyclic) bond motifs is 3. The van der Waals surface area contributed by atoms with Crippen LogP contribution in [0.15, 0.2) is 11.6 Å². The first-order valence-electron chi connectivity index (χ1n) is 18.5. The molecule has 1 aliphatic heterocycles. The van der Waals surface area contributed by atoms with Gasteiger partial charge in [0.15, 0.2) is 5.82 Å². The van der Waals surface area contributed by atoms with Crippen LogP contribution in [0.5, 0.6) is 0 Å². The maximum atomic E-state index is 13.4. The number of ether oxygens (including phenoxy) is 2. The Bertz CT molecular complexity index is 1410. The highest BCUT2D eigenvalue weighted by Gasteiger charge is 2.72. The average Bonchev–Trinajstić information content (AvgIpc) is 3.42. The zero-order valence-corrected chi connectivity index (χ0v) is 31.1. The average molecular weight is 654 g/mol. The van der Waals surface area contributed by atoms with Gasteiger partial charge in [0.1, 0.15) is 6.04 Å². The van der Waals surface area contributed by atoms with Gasteiger partial charge in [0.2, 0.25) is 0 Å². The van der Waals surface area contributed by atoms with Crippen molar-refractivity contribution in [3.8, 4) is 0 Å². The lowest BCUT2D eigenvalue weighted by Crippen LogP contribution is -2.69. The number of carbonyl (C=O) groups is 1. The number of nitrogens with two attached hydrogens (primary N) is 1. The third-order valence-corrected chi connectivity index (χ3v) is 15.8. The van der Waals surface area contributed by atoms with Crippen molar-refractivity contribution in [1.29, 1.82) is 0 Å². The molecule has 9 heteroatoms. The largest absolute Gasteiger partial charge is 0.481 e. The lowest BCUT2D eigenvalue weighted by Gasteiger charge is -2.71. The molecule has 0 radical (unpaired) electrons. The Kier molecular flexibility index (Phi) is 8.45. The summed E-state index contributed by atoms with van der Waals surface area (Å²) in [6.07, 6.45) is 8.06. The van der Waals surface area contributed by atoms with Crippen molar-refractivity contribution in [3.05, 3.63) is 17.5 Å². The Balaban J connectivity index is 1.44. The quantitative estimate of drug-likeness (QED) is 0.291. The van der Waals surface area contributed by atoms with Crippen LogP contribution in [0.4, 0.5) is 0 Å². The van der Waals surface area contributed by atoms with E-state index in [0.29, 0.717) is 49.3 Å². The molecule has 1 saturated heterocycles. The normalized spacial score (nSPS) is 45.0. The molecule has 9 nitrogen and oxygen atoms in total. The van der Waals surface area contributed by atoms with Crippen molar-refractivity contribution in [2.75, 3.05) is 19.8 Å². The number of aromatic nitrogens is 4. The summed E-state index contributed by atoms with van der Waals surface area (Å²) in [6.45, 7) is 26.2. The molecule has 2 heterocycles. The Labute approximate surface area is 283 Å². The van der Waals surface area contributed by atoms with Crippen LogP contribution in [0, 0.1) is 69.5 Å². The smallest absolute Gasteiger partial charge is 0.307 e. The van der Waals surface area contributed by atoms with Crippen LogP contribution < -0.4 is 5.73 Å². The van der Waals surface area contributed by atoms with Crippen LogP contribution in [-0.4, -0.2) is 62.7 Å². The summed E-state index contributed by atoms with van der Waals surface area (Å²) in [4.78, 5) is 15.2. The Morgan fingerprint density at radius 3 is 2.43 bits per heavy atom. The topological polar surface area (TPSA) is 125 Å². The van der Waals surface area contributed by atoms with Crippen molar-refractivity contribution in [1.82, 2.24) is 20.2 Å². The molecule has 1 aromatic rings. The summed E-state index contributed by atoms with van der Waals surface area (Å²) in [5.74, 6) is 1.32. The number of allylic oxidation sites excluding steroid dienone is 1. The highest BCUT2D eigenvalue weighted by atomic mass is 16.5. The molecule has 3 N–H and O–H groups in total. The number of carboxylic acids is 1. The van der Waals surface area contributed by atoms with E-state index in [1.165, 1.54) is 5.57 Å². The molecule has 3 saturated carbocycles. The molecule has 5 aliphatic rings. The molecule has 0 spiro atoms. The summed E-state index contributed by atoms with van der Waals surface area (Å²) < 4.78 is 13.6. The van der Waals surface area contributed by atoms with E-state index >= 15 is 0 Å². The van der Waals surface area contributed by atoms with E-state index in [4.69, 9.17) is 20.3 Å². The zero-order chi connectivity index (χ0) is 34.5. The second kappa shape index (κ2) is 11.3. The molecule has 6 rings (SSSR count). The van der Waals surface area contributed by atoms with Gasteiger partial charge >= 0.3 is 5.97 Å². The minimum Gasteiger partial charge on any atom is -0.481 e. The molecule has 47 heavy (non-hydrogen) atoms. The van der Waals surface area contributed by atoms with Crippen molar-refractivity contribution in [2.45, 2.75) is 132 Å². The molecule has 1 aromatic heterocycles. The highest BCUT2D eigenvalue weighted by Crippen LogP contribution is 2.75. The number of aliphatic carboxylic acids is 1. The van der Waals surface area contributed by atoms with Gasteiger partial charge in [-0.05, 0) is 103 Å². The maximum Gasteiger partial charge on any atom is 0.307 e. The minimum absolute atomic E-state index is 0.113. The van der Waals surface area contributed by atoms with Crippen LogP contribution in [0.2, 0.25) is 0 Å². The lowest BCUT2D eigenvalue weighted by atomic mass is 9.34. The first-order valence-corrected chi connectivity index (χ1v) is 18.5. The zero-order valence-electron chi connectivity index (χ0n) is 31.1. The van der Waals surface area contributed by atoms with E-state index in [-0.39, 0.29) is 45.1 Å². The molecule has 1 unspecified atom stereocenters. The molecule has 2 bridgehead atoms. The van der Waals surface area contributed by atoms with Crippen LogP contribution in [0.1, 0.15) is 120 Å². The molecule has 4 aliphatic carbocycles. The van der Waals surface area contributed by atoms with Crippen molar-refractivity contribution < 1.29 is 19.4 Å². The standard InChI is InChI=1S/C38H63N5O4/c1-22(2)24(5)33(7)16-17-35(9)26-12-13-29-34(8)19-46-21-38(29,27(26)14-15-36(35,10)30(33)32(44)45)18-28(43-41-25(6)40-42-43)31(34)47-20-37(11,39)23(3)4/h14,22-24,26,28-31H,12-13,15-21,39H2,1-11H3,(H,44,45)/t24-,26+,28-,29+,30?,31+,33-,34+,35-,36+,37+,38+/m1/s1. The number of tetrazole rings is 1. The second-order valence-corrected chi connectivity index (χ2v) is 18.7. The van der Waals surface area contributed by atoms with Gasteiger partial charge in [-0.2, -0.15) is 4.80 Å². The number of rotatable bonds is 8. The fourth-order valence-corrected chi connectivity index (χ4v) is 12.0. The third kappa shape index (κ3) is 4.85. The summed E-state index contributed by atoms with van der Waals surface area (Å²) in [7, 11) is 0. The monoisotopic (exact) mass is 653 g/mol. The van der Waals surface area contributed by atoms with E-state index < -0.39 is 17.4 Å². The van der Waals surface area contributed by atoms with Gasteiger partial charge in [-0.1, -0.05) is 74.0 Å². The van der Waals surface area contributed by atoms with Gasteiger partial charge < -0.3 is 20.3 Å². The number of hydrogen-bond acceptors (Lipinski definition) is 7. The van der Waals surface area contributed by atoms with E-state index in [9.17, 15) is 9.90 Å². The highest BCUT2D eigenvalue weighted by molar-refractivity contribution is 5.73. The van der Waals surface area contributed by atoms with Gasteiger partial charge in [0.25, 0.3) is 0 Å². The summed E-state index contributed by atoms with van der Waals surface area (Å²) >= 11 is 0. The van der Waals surface area contributed by atoms with Gasteiger partial charge in [-0.25, -0.2) is 0 Å². The number of hydrogen-bond donors (Lipinski definition) is 2. The van der Waals surface area contributed by atoms with Crippen LogP contribution in [0.25, 0.3) is 0 Å². The SMILES string of the molecule is Cc1nnn([C@@H]2C[C@@]34COC[C@@](C)([C@@H]3CC[C@H]3C4=CC[C@@]4(C)C(C(=O)O)[C@@](C)([C@H](C)C(C)C)CC[C@]34C)[C@H]2OC[C@](C)(N)C(C)C)n1. The molecular weight excluding hydrogens is 590 g/mol. The van der Waals surface area contributed by atoms with Crippen LogP contribution >= 0.6 is 0 Å². The fraction of sp³-hybridized carbons (Fsp3) is 0.895. The predicted octanol–water partition coefficient (Wildman–Crippen LogP) is 6.87. The number of carboxylic acid groups (broad SMARTS) is 1. The van der Waals surface area contributed by atoms with E-state index in [2.05, 4.69) is 85.6 Å². The minimum atomic E-state index is -0.621. The van der Waals surface area contributed by atoms with Crippen molar-refractivity contribution in [2.24, 2.45) is 68.3 Å². The van der Waals surface area contributed by atoms with Gasteiger partial charge in [-0.15, -0.1) is 10.2 Å². The van der Waals surface area contributed by atoms with E-state index in [1.54, 1.807) is 0 Å². The number of nitrogens with zero attached hydrogens (tertiary/aromatic N) is 4. The Hall–Kier alpha value is -1.84. The van der Waals surface area contributed by atoms with Gasteiger partial charge in [-0.3, -0.25) is 4.79 Å². The summed E-state index contributed by atoms with van der Waals surface area (Å²) in [6, 6.07) is -0.113. The summed E-state index contributed by atoms with van der Waals surface area (Å²) in [5.41, 5.74) is 6.61. The van der Waals surface area contributed by atoms with Crippen molar-refractivity contribution >= 4 is 5.97 Å². The van der Waals surface area contributed by atoms with E-state index in [1.807, 2.05) is 11.7 Å². The first-order chi connectivity index (χ1) is 21.8. The van der Waals surface area contributed by atoms with E-state index in [0.717, 1.165) is 38.5 Å². The molecule has 264 valence electrons. The fourth-order valence-electron chi connectivity index (χ4n) is 12.0. The number of aryl methyl sites for hydroxylation is 1. The molecule has 4 fully saturated rings. The van der Waals surface area contributed by atoms with Gasteiger partial charge in [0, 0.05) is 16.4 Å². The second-order valence-electron chi connectivity index (χ2n) is 18.7. The van der Waals surface area contributed by atoms with Crippen molar-refractivity contribution in [3.63, 3.8) is 0 Å². The molecule has 12 atom stereocenters. The first kappa shape index (κ1) is 35.0. The van der Waals surface area contributed by atoms with Crippen LogP contribution in [0.3, 0.4) is 0 Å².